The highest BCUT2D eigenvalue weighted by Crippen LogP contribution is 3.17. The summed E-state index contributed by atoms with van der Waals surface area (Å²) in [6.45, 7) is 0. The molecule has 0 aliphatic heterocycles. The van der Waals surface area contributed by atoms with Crippen LogP contribution in [-0.4, -0.2) is 0 Å². The average molecular weight is 130 g/mol. The third kappa shape index (κ3) is 0.125. The summed E-state index contributed by atoms with van der Waals surface area (Å²) < 4.78 is 0. The summed E-state index contributed by atoms with van der Waals surface area (Å²) in [5.74, 6) is 7.96. The molecule has 50 valence electrons. The van der Waals surface area contributed by atoms with Crippen molar-refractivity contribution in [2.75, 3.05) is 0 Å². The van der Waals surface area contributed by atoms with E-state index in [1.54, 1.807) is 12.8 Å². The van der Waals surface area contributed by atoms with E-state index >= 15 is 0 Å². The molecule has 6 saturated carbocycles. The lowest BCUT2D eigenvalue weighted by Crippen LogP contribution is -2.15. The monoisotopic (exact) mass is 130 g/mol. The van der Waals surface area contributed by atoms with E-state index in [4.69, 9.17) is 0 Å². The Hall–Kier alpha value is 0. The largest absolute Gasteiger partial charge is 0.0459 e. The van der Waals surface area contributed by atoms with Crippen LogP contribution in [0.25, 0.3) is 0 Å². The van der Waals surface area contributed by atoms with Crippen molar-refractivity contribution < 1.29 is 0 Å². The molecule has 0 aromatic heterocycles. The maximum atomic E-state index is 1.65. The van der Waals surface area contributed by atoms with Crippen molar-refractivity contribution in [1.82, 2.24) is 0 Å². The topological polar surface area (TPSA) is 0 Å². The Morgan fingerprint density at radius 1 is 0.700 bits per heavy atom. The van der Waals surface area contributed by atoms with E-state index in [2.05, 4.69) is 0 Å². The van der Waals surface area contributed by atoms with Gasteiger partial charge in [0.25, 0.3) is 0 Å². The van der Waals surface area contributed by atoms with E-state index in [1.807, 2.05) is 0 Å². The van der Waals surface area contributed by atoms with Crippen LogP contribution < -0.4 is 0 Å². The van der Waals surface area contributed by atoms with Crippen LogP contribution in [0.15, 0.2) is 0 Å². The van der Waals surface area contributed by atoms with Crippen molar-refractivity contribution >= 4 is 0 Å². The fourth-order valence-electron chi connectivity index (χ4n) is 5.53. The van der Waals surface area contributed by atoms with Crippen LogP contribution in [0, 0.1) is 46.3 Å². The highest BCUT2D eigenvalue weighted by Gasteiger charge is 3.14. The molecular weight excluding hydrogens is 120 g/mol. The Morgan fingerprint density at radius 3 is 1.30 bits per heavy atom. The highest BCUT2D eigenvalue weighted by molar-refractivity contribution is 5.60. The molecule has 0 amide bonds. The molecular formula is C10H10. The van der Waals surface area contributed by atoms with Gasteiger partial charge in [-0.15, -0.1) is 0 Å². The molecule has 2 spiro atoms. The molecule has 6 aliphatic carbocycles. The first kappa shape index (κ1) is 3.60. The molecule has 0 aromatic rings. The number of hydrogen-bond donors (Lipinski definition) is 0. The van der Waals surface area contributed by atoms with Crippen molar-refractivity contribution in [3.05, 3.63) is 0 Å². The molecule has 0 nitrogen and oxygen atoms in total. The minimum absolute atomic E-state index is 1.12. The molecule has 6 fully saturated rings. The summed E-state index contributed by atoms with van der Waals surface area (Å²) in [6.07, 6.45) is 3.30. The van der Waals surface area contributed by atoms with Crippen LogP contribution in [-0.2, 0) is 0 Å². The van der Waals surface area contributed by atoms with Crippen LogP contribution in [0.4, 0.5) is 0 Å². The van der Waals surface area contributed by atoms with Gasteiger partial charge in [0, 0.05) is 0 Å². The molecule has 10 heavy (non-hydrogen) atoms. The lowest BCUT2D eigenvalue weighted by Gasteiger charge is -2.18. The molecule has 0 saturated heterocycles. The zero-order valence-corrected chi connectivity index (χ0v) is 5.88. The lowest BCUT2D eigenvalue weighted by molar-refractivity contribution is 0.280. The lowest BCUT2D eigenvalue weighted by atomic mass is 9.85. The molecule has 0 N–H and O–H groups in total. The minimum atomic E-state index is 1.12. The van der Waals surface area contributed by atoms with Crippen molar-refractivity contribution in [3.8, 4) is 0 Å². The smallest absolute Gasteiger partial charge is 0.0161 e. The second-order valence-electron chi connectivity index (χ2n) is 5.85. The predicted molar refractivity (Wildman–Crippen MR) is 35.0 cm³/mol. The van der Waals surface area contributed by atoms with Crippen LogP contribution in [0.5, 0.6) is 0 Å². The quantitative estimate of drug-likeness (QED) is 0.466. The first-order chi connectivity index (χ1) is 4.94. The summed E-state index contributed by atoms with van der Waals surface area (Å²) in [5.41, 5.74) is 2.24. The van der Waals surface area contributed by atoms with Gasteiger partial charge in [-0.3, -0.25) is 0 Å². The molecule has 6 aliphatic rings. The van der Waals surface area contributed by atoms with Gasteiger partial charge < -0.3 is 0 Å². The Kier molecular flexibility index (Phi) is 0.202. The molecule has 0 bridgehead atoms. The second-order valence-corrected chi connectivity index (χ2v) is 5.85. The minimum Gasteiger partial charge on any atom is -0.0459 e. The first-order valence-corrected chi connectivity index (χ1v) is 4.94. The zero-order chi connectivity index (χ0) is 5.88. The molecule has 0 heterocycles. The Bertz CT molecular complexity index is 256. The van der Waals surface area contributed by atoms with Gasteiger partial charge in [-0.25, -0.2) is 0 Å². The van der Waals surface area contributed by atoms with Gasteiger partial charge in [0.1, 0.15) is 0 Å². The predicted octanol–water partition coefficient (Wildman–Crippen LogP) is 1.52. The molecule has 4 unspecified atom stereocenters. The van der Waals surface area contributed by atoms with Crippen LogP contribution in [0.3, 0.4) is 0 Å². The van der Waals surface area contributed by atoms with Crippen molar-refractivity contribution in [2.45, 2.75) is 12.8 Å². The molecule has 0 heteroatoms. The Balaban J connectivity index is 1.55. The van der Waals surface area contributed by atoms with Gasteiger partial charge in [0.05, 0.1) is 0 Å². The Labute approximate surface area is 60.0 Å². The van der Waals surface area contributed by atoms with E-state index in [0.29, 0.717) is 0 Å². The fourth-order valence-corrected chi connectivity index (χ4v) is 5.53. The van der Waals surface area contributed by atoms with Crippen LogP contribution in [0.1, 0.15) is 12.8 Å². The van der Waals surface area contributed by atoms with Gasteiger partial charge in [-0.05, 0) is 59.2 Å². The maximum absolute atomic E-state index is 1.65. The van der Waals surface area contributed by atoms with Gasteiger partial charge in [-0.2, -0.15) is 0 Å². The number of hydrogen-bond acceptors (Lipinski definition) is 0. The van der Waals surface area contributed by atoms with Gasteiger partial charge in [-0.1, -0.05) is 0 Å². The molecule has 6 rings (SSSR count). The maximum Gasteiger partial charge on any atom is -0.0161 e. The first-order valence-electron chi connectivity index (χ1n) is 4.94. The van der Waals surface area contributed by atoms with Gasteiger partial charge in [0.2, 0.25) is 0 Å². The van der Waals surface area contributed by atoms with E-state index in [-0.39, 0.29) is 0 Å². The standard InChI is InChI=1S/C10H10/c1-3-4(1)9(3)7-8(9)10(7)5-2-6(5)10/h3-8H,1-2H2. The van der Waals surface area contributed by atoms with Crippen molar-refractivity contribution in [3.63, 3.8) is 0 Å². The molecule has 4 atom stereocenters. The normalized spacial score (nSPS) is 108. The van der Waals surface area contributed by atoms with Crippen molar-refractivity contribution in [2.24, 2.45) is 46.3 Å². The number of fused-ring (bicyclic) bond motifs is 11. The van der Waals surface area contributed by atoms with E-state index in [0.717, 1.165) is 10.8 Å². The SMILES string of the molecule is C1C2C1C21C2C1C21C2CC21. The fraction of sp³-hybridized carbons (Fsp3) is 1.00. The summed E-state index contributed by atoms with van der Waals surface area (Å²) in [4.78, 5) is 0. The van der Waals surface area contributed by atoms with Crippen LogP contribution in [0.2, 0.25) is 0 Å². The zero-order valence-electron chi connectivity index (χ0n) is 5.88. The van der Waals surface area contributed by atoms with E-state index in [1.165, 1.54) is 35.5 Å². The van der Waals surface area contributed by atoms with E-state index in [9.17, 15) is 0 Å². The van der Waals surface area contributed by atoms with Crippen LogP contribution >= 0.6 is 0 Å². The summed E-state index contributed by atoms with van der Waals surface area (Å²) in [5, 5.41) is 0. The highest BCUT2D eigenvalue weighted by atomic mass is 15.2. The second kappa shape index (κ2) is 0.562. The molecule has 0 aromatic carbocycles. The van der Waals surface area contributed by atoms with Crippen molar-refractivity contribution in [1.29, 1.82) is 0 Å². The number of rotatable bonds is 0. The summed E-state index contributed by atoms with van der Waals surface area (Å²) >= 11 is 0. The average Bonchev–Trinajstić information content (AvgIpc) is 2.57. The third-order valence-electron chi connectivity index (χ3n) is 6.20. The Morgan fingerprint density at radius 2 is 1.10 bits per heavy atom. The summed E-state index contributed by atoms with van der Waals surface area (Å²) in [7, 11) is 0. The van der Waals surface area contributed by atoms with Gasteiger partial charge >= 0.3 is 0 Å². The summed E-state index contributed by atoms with van der Waals surface area (Å²) in [6, 6.07) is 0. The third-order valence-corrected chi connectivity index (χ3v) is 6.20. The van der Waals surface area contributed by atoms with Gasteiger partial charge in [0.15, 0.2) is 0 Å². The van der Waals surface area contributed by atoms with E-state index < -0.39 is 0 Å². The molecule has 0 radical (unpaired) electrons.